The van der Waals surface area contributed by atoms with Crippen LogP contribution in [0, 0.1) is 0 Å². The summed E-state index contributed by atoms with van der Waals surface area (Å²) < 4.78 is 0. The number of nitrogens with one attached hydrogen (secondary N) is 1. The Morgan fingerprint density at radius 2 is 2.21 bits per heavy atom. The first-order valence-corrected chi connectivity index (χ1v) is 4.52. The van der Waals surface area contributed by atoms with Gasteiger partial charge in [0.2, 0.25) is 5.91 Å². The number of aryl methyl sites for hydroxylation is 1. The highest BCUT2D eigenvalue weighted by molar-refractivity contribution is 5.99. The fourth-order valence-electron chi connectivity index (χ4n) is 1.52. The molecule has 5 heteroatoms. The lowest BCUT2D eigenvalue weighted by Gasteiger charge is -2.08. The topological polar surface area (TPSA) is 66.1 Å². The normalized spacial score (nSPS) is 14.7. The van der Waals surface area contributed by atoms with Crippen molar-refractivity contribution in [1.82, 2.24) is 9.97 Å². The number of amides is 1. The van der Waals surface area contributed by atoms with Crippen LogP contribution in [-0.2, 0) is 17.6 Å². The molecule has 0 bridgehead atoms. The van der Waals surface area contributed by atoms with E-state index in [2.05, 4.69) is 9.97 Å². The lowest BCUT2D eigenvalue weighted by atomic mass is 10.2. The van der Waals surface area contributed by atoms with Crippen LogP contribution in [0.5, 0.6) is 0 Å². The van der Waals surface area contributed by atoms with Gasteiger partial charge in [-0.05, 0) is 0 Å². The van der Waals surface area contributed by atoms with Gasteiger partial charge in [-0.1, -0.05) is 6.92 Å². The van der Waals surface area contributed by atoms with Crippen LogP contribution in [0.4, 0.5) is 5.82 Å². The van der Waals surface area contributed by atoms with E-state index in [1.807, 2.05) is 6.92 Å². The van der Waals surface area contributed by atoms with Crippen LogP contribution in [-0.4, -0.2) is 22.9 Å². The van der Waals surface area contributed by atoms with Crippen LogP contribution in [0.15, 0.2) is 4.79 Å². The third-order valence-corrected chi connectivity index (χ3v) is 2.40. The molecule has 2 rings (SSSR count). The number of carbonyl (C=O) groups excluding carboxylic acids is 1. The molecular formula is C9H11N3O2. The Labute approximate surface area is 80.8 Å². The first-order chi connectivity index (χ1) is 6.63. The highest BCUT2D eigenvalue weighted by Crippen LogP contribution is 2.21. The van der Waals surface area contributed by atoms with Gasteiger partial charge in [0.15, 0.2) is 0 Å². The zero-order valence-electron chi connectivity index (χ0n) is 8.13. The molecule has 1 aliphatic heterocycles. The molecule has 0 spiro atoms. The number of likely N-dealkylation sites (N-methyl/N-ethyl adjacent to an activating group) is 1. The van der Waals surface area contributed by atoms with Gasteiger partial charge in [0.25, 0.3) is 5.56 Å². The molecule has 0 unspecified atom stereocenters. The molecule has 74 valence electrons. The SMILES string of the molecule is CCc1nc2c(c(=O)[nH]1)CC(=O)N2C. The number of fused-ring (bicyclic) bond motifs is 1. The second-order valence-corrected chi connectivity index (χ2v) is 3.30. The Morgan fingerprint density at radius 3 is 2.86 bits per heavy atom. The molecule has 0 aliphatic carbocycles. The molecule has 0 atom stereocenters. The maximum absolute atomic E-state index is 11.5. The molecule has 1 amide bonds. The summed E-state index contributed by atoms with van der Waals surface area (Å²) >= 11 is 0. The van der Waals surface area contributed by atoms with E-state index in [1.54, 1.807) is 7.05 Å². The van der Waals surface area contributed by atoms with Gasteiger partial charge < -0.3 is 4.98 Å². The van der Waals surface area contributed by atoms with E-state index in [0.29, 0.717) is 23.6 Å². The van der Waals surface area contributed by atoms with E-state index in [0.717, 1.165) is 0 Å². The zero-order chi connectivity index (χ0) is 10.3. The fraction of sp³-hybridized carbons (Fsp3) is 0.444. The van der Waals surface area contributed by atoms with Gasteiger partial charge in [-0.15, -0.1) is 0 Å². The molecule has 5 nitrogen and oxygen atoms in total. The summed E-state index contributed by atoms with van der Waals surface area (Å²) in [4.78, 5) is 31.1. The molecule has 1 aliphatic rings. The molecule has 0 saturated carbocycles. The van der Waals surface area contributed by atoms with E-state index < -0.39 is 0 Å². The molecule has 2 heterocycles. The fourth-order valence-corrected chi connectivity index (χ4v) is 1.52. The summed E-state index contributed by atoms with van der Waals surface area (Å²) in [6, 6.07) is 0. The third kappa shape index (κ3) is 1.13. The lowest BCUT2D eigenvalue weighted by molar-refractivity contribution is -0.117. The van der Waals surface area contributed by atoms with Gasteiger partial charge >= 0.3 is 0 Å². The number of nitrogens with zero attached hydrogens (tertiary/aromatic N) is 2. The predicted octanol–water partition coefficient (Wildman–Crippen LogP) is -0.149. The van der Waals surface area contributed by atoms with Crippen molar-refractivity contribution in [2.75, 3.05) is 11.9 Å². The molecule has 0 radical (unpaired) electrons. The van der Waals surface area contributed by atoms with Gasteiger partial charge in [0.05, 0.1) is 12.0 Å². The molecular weight excluding hydrogens is 182 g/mol. The van der Waals surface area contributed by atoms with E-state index >= 15 is 0 Å². The Balaban J connectivity index is 2.63. The zero-order valence-corrected chi connectivity index (χ0v) is 8.13. The first kappa shape index (κ1) is 8.93. The van der Waals surface area contributed by atoms with E-state index in [1.165, 1.54) is 4.90 Å². The minimum absolute atomic E-state index is 0.0775. The molecule has 0 saturated heterocycles. The maximum Gasteiger partial charge on any atom is 0.256 e. The summed E-state index contributed by atoms with van der Waals surface area (Å²) in [7, 11) is 1.64. The molecule has 14 heavy (non-hydrogen) atoms. The minimum atomic E-state index is -0.190. The summed E-state index contributed by atoms with van der Waals surface area (Å²) in [6.07, 6.45) is 0.822. The quantitative estimate of drug-likeness (QED) is 0.674. The molecule has 1 aromatic rings. The van der Waals surface area contributed by atoms with E-state index in [-0.39, 0.29) is 17.9 Å². The number of H-pyrrole nitrogens is 1. The Hall–Kier alpha value is -1.65. The van der Waals surface area contributed by atoms with Crippen LogP contribution in [0.1, 0.15) is 18.3 Å². The highest BCUT2D eigenvalue weighted by atomic mass is 16.2. The summed E-state index contributed by atoms with van der Waals surface area (Å²) in [5, 5.41) is 0. The lowest BCUT2D eigenvalue weighted by Crippen LogP contribution is -2.22. The number of carbonyl (C=O) groups is 1. The second kappa shape index (κ2) is 2.94. The number of aromatic nitrogens is 2. The van der Waals surface area contributed by atoms with E-state index in [9.17, 15) is 9.59 Å². The van der Waals surface area contributed by atoms with Crippen molar-refractivity contribution in [3.63, 3.8) is 0 Å². The molecule has 0 aromatic carbocycles. The number of rotatable bonds is 1. The van der Waals surface area contributed by atoms with Gasteiger partial charge in [-0.25, -0.2) is 4.98 Å². The third-order valence-electron chi connectivity index (χ3n) is 2.40. The Morgan fingerprint density at radius 1 is 1.50 bits per heavy atom. The maximum atomic E-state index is 11.5. The van der Waals surface area contributed by atoms with E-state index in [4.69, 9.17) is 0 Å². The van der Waals surface area contributed by atoms with Crippen molar-refractivity contribution in [2.45, 2.75) is 19.8 Å². The number of anilines is 1. The largest absolute Gasteiger partial charge is 0.310 e. The summed E-state index contributed by atoms with van der Waals surface area (Å²) in [6.45, 7) is 1.90. The number of hydrogen-bond donors (Lipinski definition) is 1. The highest BCUT2D eigenvalue weighted by Gasteiger charge is 2.28. The summed E-state index contributed by atoms with van der Waals surface area (Å²) in [5.74, 6) is 1.05. The first-order valence-electron chi connectivity index (χ1n) is 4.52. The molecule has 1 aromatic heterocycles. The Kier molecular flexibility index (Phi) is 1.87. The van der Waals surface area contributed by atoms with Crippen LogP contribution in [0.2, 0.25) is 0 Å². The van der Waals surface area contributed by atoms with Crippen molar-refractivity contribution < 1.29 is 4.79 Å². The standard InChI is InChI=1S/C9H11N3O2/c1-3-6-10-8-5(9(14)11-6)4-7(13)12(8)2/h3-4H2,1-2H3,(H,10,11,14). The monoisotopic (exact) mass is 193 g/mol. The van der Waals surface area contributed by atoms with Gasteiger partial charge in [-0.2, -0.15) is 0 Å². The van der Waals surface area contributed by atoms with Crippen LogP contribution < -0.4 is 10.5 Å². The van der Waals surface area contributed by atoms with Crippen LogP contribution in [0.3, 0.4) is 0 Å². The van der Waals surface area contributed by atoms with Crippen LogP contribution in [0.25, 0.3) is 0 Å². The number of hydrogen-bond acceptors (Lipinski definition) is 3. The predicted molar refractivity (Wildman–Crippen MR) is 51.3 cm³/mol. The molecule has 0 fully saturated rings. The van der Waals surface area contributed by atoms with Gasteiger partial charge in [0.1, 0.15) is 11.6 Å². The average Bonchev–Trinajstić information content (AvgIpc) is 2.45. The number of aromatic amines is 1. The molecule has 1 N–H and O–H groups in total. The smallest absolute Gasteiger partial charge is 0.256 e. The van der Waals surface area contributed by atoms with Gasteiger partial charge in [-0.3, -0.25) is 14.5 Å². The summed E-state index contributed by atoms with van der Waals surface area (Å²) in [5.41, 5.74) is 0.291. The van der Waals surface area contributed by atoms with Crippen molar-refractivity contribution >= 4 is 11.7 Å². The second-order valence-electron chi connectivity index (χ2n) is 3.30. The van der Waals surface area contributed by atoms with Crippen molar-refractivity contribution in [3.8, 4) is 0 Å². The minimum Gasteiger partial charge on any atom is -0.310 e. The van der Waals surface area contributed by atoms with Gasteiger partial charge in [0, 0.05) is 13.5 Å². The van der Waals surface area contributed by atoms with Crippen molar-refractivity contribution in [1.29, 1.82) is 0 Å². The Bertz CT molecular complexity index is 450. The van der Waals surface area contributed by atoms with Crippen LogP contribution >= 0.6 is 0 Å². The average molecular weight is 193 g/mol. The van der Waals surface area contributed by atoms with Crippen molar-refractivity contribution in [3.05, 3.63) is 21.7 Å². The van der Waals surface area contributed by atoms with Crippen molar-refractivity contribution in [2.24, 2.45) is 0 Å².